The zero-order chi connectivity index (χ0) is 18.1. The number of hydrogen-bond acceptors (Lipinski definition) is 8. The van der Waals surface area contributed by atoms with Crippen LogP contribution in [0.4, 0.5) is 5.82 Å². The highest BCUT2D eigenvalue weighted by molar-refractivity contribution is 6.28. The summed E-state index contributed by atoms with van der Waals surface area (Å²) < 4.78 is 16.1. The van der Waals surface area contributed by atoms with E-state index in [1.54, 1.807) is 0 Å². The molecular formula is C16H20ClN3O5. The molecular weight excluding hydrogens is 350 g/mol. The molecule has 1 aromatic heterocycles. The van der Waals surface area contributed by atoms with Crippen LogP contribution in [0.3, 0.4) is 0 Å². The van der Waals surface area contributed by atoms with Crippen LogP contribution in [0.1, 0.15) is 37.7 Å². The summed E-state index contributed by atoms with van der Waals surface area (Å²) in [5.41, 5.74) is -0.135. The number of carbonyl (C=O) groups excluding carboxylic acids is 2. The molecule has 0 aromatic carbocycles. The number of rotatable bonds is 3. The van der Waals surface area contributed by atoms with Gasteiger partial charge in [0.25, 0.3) is 0 Å². The first kappa shape index (κ1) is 17.9. The fourth-order valence-corrected chi connectivity index (χ4v) is 3.13. The average molecular weight is 370 g/mol. The molecule has 0 N–H and O–H groups in total. The van der Waals surface area contributed by atoms with Crippen molar-refractivity contribution in [3.8, 4) is 5.75 Å². The number of hydrogen-bond donors (Lipinski definition) is 0. The smallest absolute Gasteiger partial charge is 0.368 e. The summed E-state index contributed by atoms with van der Waals surface area (Å²) in [5.74, 6) is -0.802. The molecule has 0 saturated carbocycles. The van der Waals surface area contributed by atoms with E-state index in [2.05, 4.69) is 9.97 Å². The van der Waals surface area contributed by atoms with Gasteiger partial charge in [-0.05, 0) is 24.4 Å². The summed E-state index contributed by atoms with van der Waals surface area (Å²) in [6, 6.07) is 0.0208. The van der Waals surface area contributed by atoms with Gasteiger partial charge < -0.3 is 19.1 Å². The molecule has 25 heavy (non-hydrogen) atoms. The molecule has 9 heteroatoms. The summed E-state index contributed by atoms with van der Waals surface area (Å²) in [5, 5.41) is -0.107. The number of fused-ring (bicyclic) bond motifs is 3. The molecule has 136 valence electrons. The van der Waals surface area contributed by atoms with Gasteiger partial charge in [0.1, 0.15) is 6.61 Å². The van der Waals surface area contributed by atoms with Gasteiger partial charge in [-0.1, -0.05) is 13.8 Å². The second-order valence-electron chi connectivity index (χ2n) is 6.61. The van der Waals surface area contributed by atoms with E-state index in [0.29, 0.717) is 25.6 Å². The number of esters is 2. The zero-order valence-corrected chi connectivity index (χ0v) is 15.1. The lowest BCUT2D eigenvalue weighted by Crippen LogP contribution is -2.56. The normalized spacial score (nSPS) is 22.0. The number of halogens is 1. The van der Waals surface area contributed by atoms with E-state index in [-0.39, 0.29) is 41.1 Å². The van der Waals surface area contributed by atoms with Gasteiger partial charge in [-0.3, -0.25) is 4.79 Å². The maximum absolute atomic E-state index is 12.4. The number of aromatic nitrogens is 2. The summed E-state index contributed by atoms with van der Waals surface area (Å²) in [4.78, 5) is 34.3. The fourth-order valence-electron chi connectivity index (χ4n) is 2.97. The topological polar surface area (TPSA) is 90.9 Å². The van der Waals surface area contributed by atoms with Gasteiger partial charge in [-0.2, -0.15) is 4.98 Å². The van der Waals surface area contributed by atoms with E-state index in [1.807, 2.05) is 25.7 Å². The van der Waals surface area contributed by atoms with E-state index in [1.165, 1.54) is 0 Å². The van der Waals surface area contributed by atoms with Gasteiger partial charge in [-0.15, -0.1) is 0 Å². The van der Waals surface area contributed by atoms with Crippen molar-refractivity contribution in [2.45, 2.75) is 39.3 Å². The zero-order valence-electron chi connectivity index (χ0n) is 14.3. The minimum Gasteiger partial charge on any atom is -0.485 e. The molecule has 3 heterocycles. The van der Waals surface area contributed by atoms with E-state index in [9.17, 15) is 9.59 Å². The first-order valence-electron chi connectivity index (χ1n) is 8.18. The molecule has 2 aliphatic rings. The van der Waals surface area contributed by atoms with Gasteiger partial charge in [0.05, 0.1) is 25.3 Å². The summed E-state index contributed by atoms with van der Waals surface area (Å²) >= 11 is 6.00. The van der Waals surface area contributed by atoms with Gasteiger partial charge >= 0.3 is 11.9 Å². The van der Waals surface area contributed by atoms with Crippen molar-refractivity contribution in [1.29, 1.82) is 0 Å². The molecule has 0 aliphatic carbocycles. The minimum absolute atomic E-state index is 0.0198. The van der Waals surface area contributed by atoms with Crippen molar-refractivity contribution in [3.05, 3.63) is 11.0 Å². The van der Waals surface area contributed by atoms with Gasteiger partial charge in [0, 0.05) is 6.42 Å². The lowest BCUT2D eigenvalue weighted by atomic mass is 10.1. The number of morpholine rings is 1. The Morgan fingerprint density at radius 1 is 1.32 bits per heavy atom. The Bertz CT molecular complexity index is 697. The van der Waals surface area contributed by atoms with Gasteiger partial charge in [0.15, 0.2) is 17.3 Å². The van der Waals surface area contributed by atoms with Gasteiger partial charge in [0.2, 0.25) is 5.28 Å². The van der Waals surface area contributed by atoms with Crippen LogP contribution in [0.25, 0.3) is 0 Å². The van der Waals surface area contributed by atoms with Crippen LogP contribution in [0, 0.1) is 5.92 Å². The highest BCUT2D eigenvalue weighted by Gasteiger charge is 2.39. The van der Waals surface area contributed by atoms with Crippen molar-refractivity contribution < 1.29 is 23.8 Å². The highest BCUT2D eigenvalue weighted by atomic mass is 35.5. The summed E-state index contributed by atoms with van der Waals surface area (Å²) in [6.07, 6.45) is 0.135. The van der Waals surface area contributed by atoms with E-state index < -0.39 is 11.9 Å². The molecule has 0 spiro atoms. The third-order valence-electron chi connectivity index (χ3n) is 4.00. The number of anilines is 1. The first-order valence-corrected chi connectivity index (χ1v) is 8.56. The molecule has 2 unspecified atom stereocenters. The molecule has 2 atom stereocenters. The fraction of sp³-hybridized carbons (Fsp3) is 0.625. The van der Waals surface area contributed by atoms with Crippen LogP contribution in [0.15, 0.2) is 0 Å². The summed E-state index contributed by atoms with van der Waals surface area (Å²) in [6.45, 7) is 7.06. The summed E-state index contributed by atoms with van der Waals surface area (Å²) in [7, 11) is 0. The molecule has 0 radical (unpaired) electrons. The lowest BCUT2D eigenvalue weighted by Gasteiger charge is -2.44. The monoisotopic (exact) mass is 369 g/mol. The van der Waals surface area contributed by atoms with Crippen LogP contribution < -0.4 is 9.64 Å². The Labute approximate surface area is 150 Å². The minimum atomic E-state index is -0.884. The van der Waals surface area contributed by atoms with Crippen molar-refractivity contribution in [1.82, 2.24) is 9.97 Å². The lowest BCUT2D eigenvalue weighted by molar-refractivity contribution is -0.138. The van der Waals surface area contributed by atoms with Gasteiger partial charge in [-0.25, -0.2) is 9.78 Å². The van der Waals surface area contributed by atoms with E-state index >= 15 is 0 Å². The molecule has 8 nitrogen and oxygen atoms in total. The van der Waals surface area contributed by atoms with E-state index in [0.717, 1.165) is 0 Å². The Kier molecular flexibility index (Phi) is 5.10. The Morgan fingerprint density at radius 3 is 2.80 bits per heavy atom. The largest absolute Gasteiger partial charge is 0.485 e. The maximum Gasteiger partial charge on any atom is 0.368 e. The Hall–Kier alpha value is -1.93. The van der Waals surface area contributed by atoms with Crippen molar-refractivity contribution in [3.63, 3.8) is 0 Å². The predicted molar refractivity (Wildman–Crippen MR) is 89.0 cm³/mol. The molecule has 2 aliphatic heterocycles. The Morgan fingerprint density at radius 2 is 2.08 bits per heavy atom. The van der Waals surface area contributed by atoms with E-state index in [4.69, 9.17) is 25.8 Å². The molecule has 0 amide bonds. The standard InChI is InChI=1S/C16H20ClN3O5/c1-8(2)4-11(21)25-15(22)12-13-14(19-16(17)18-12)20-9(3)5-23-6-10(20)7-24-13/h8-10H,4-7H2,1-3H3. The molecule has 1 fully saturated rings. The van der Waals surface area contributed by atoms with Crippen molar-refractivity contribution in [2.24, 2.45) is 5.92 Å². The Balaban J connectivity index is 1.92. The van der Waals surface area contributed by atoms with Crippen LogP contribution in [-0.4, -0.2) is 53.8 Å². The molecule has 1 aromatic rings. The number of nitrogens with zero attached hydrogens (tertiary/aromatic N) is 3. The predicted octanol–water partition coefficient (Wildman–Crippen LogP) is 1.85. The number of carbonyl (C=O) groups is 2. The SMILES string of the molecule is CC(C)CC(=O)OC(=O)c1nc(Cl)nc2c1OCC1COCC(C)N21. The van der Waals surface area contributed by atoms with Crippen LogP contribution >= 0.6 is 11.6 Å². The van der Waals surface area contributed by atoms with Crippen LogP contribution in [-0.2, 0) is 14.3 Å². The average Bonchev–Trinajstić information content (AvgIpc) is 2.52. The molecule has 1 saturated heterocycles. The first-order chi connectivity index (χ1) is 11.9. The quantitative estimate of drug-likeness (QED) is 0.453. The van der Waals surface area contributed by atoms with Crippen molar-refractivity contribution in [2.75, 3.05) is 24.7 Å². The molecule has 0 bridgehead atoms. The highest BCUT2D eigenvalue weighted by Crippen LogP contribution is 2.38. The second-order valence-corrected chi connectivity index (χ2v) is 6.95. The maximum atomic E-state index is 12.4. The molecule has 3 rings (SSSR count). The van der Waals surface area contributed by atoms with Crippen LogP contribution in [0.5, 0.6) is 5.75 Å². The second kappa shape index (κ2) is 7.13. The van der Waals surface area contributed by atoms with Crippen LogP contribution in [0.2, 0.25) is 5.28 Å². The third-order valence-corrected chi connectivity index (χ3v) is 4.17. The van der Waals surface area contributed by atoms with Crippen molar-refractivity contribution >= 4 is 29.4 Å². The third kappa shape index (κ3) is 3.69. The number of ether oxygens (including phenoxy) is 3.